The van der Waals surface area contributed by atoms with Crippen LogP contribution in [0.1, 0.15) is 31.8 Å². The van der Waals surface area contributed by atoms with Gasteiger partial charge in [0.2, 0.25) is 0 Å². The molecule has 3 heteroatoms. The molecule has 0 nitrogen and oxygen atoms in total. The fourth-order valence-corrected chi connectivity index (χ4v) is 3.84. The quantitative estimate of drug-likeness (QED) is 0.614. The van der Waals surface area contributed by atoms with Gasteiger partial charge in [-0.2, -0.15) is 0 Å². The van der Waals surface area contributed by atoms with Gasteiger partial charge in [0.05, 0.1) is 5.38 Å². The Hall–Kier alpha value is -0.310. The topological polar surface area (TPSA) is 0 Å². The summed E-state index contributed by atoms with van der Waals surface area (Å²) in [6.07, 6.45) is 0. The first-order valence-corrected chi connectivity index (χ1v) is 7.51. The van der Waals surface area contributed by atoms with Crippen molar-refractivity contribution in [2.45, 2.75) is 26.1 Å². The highest BCUT2D eigenvalue weighted by atomic mass is 79.9. The summed E-state index contributed by atoms with van der Waals surface area (Å²) >= 11 is 12.0. The van der Waals surface area contributed by atoms with E-state index in [0.717, 1.165) is 4.47 Å². The van der Waals surface area contributed by atoms with Crippen molar-refractivity contribution in [3.05, 3.63) is 55.2 Å². The summed E-state index contributed by atoms with van der Waals surface area (Å²) in [7, 11) is 0. The smallest absolute Gasteiger partial charge is 0.0849 e. The summed E-state index contributed by atoms with van der Waals surface area (Å²) in [6, 6.07) is 8.38. The lowest BCUT2D eigenvalue weighted by Gasteiger charge is -2.13. The predicted molar refractivity (Wildman–Crippen MR) is 80.4 cm³/mol. The first-order chi connectivity index (χ1) is 8.00. The van der Waals surface area contributed by atoms with Gasteiger partial charge < -0.3 is 0 Å². The number of thiophene rings is 1. The number of rotatable bonds is 2. The minimum Gasteiger partial charge on any atom is -0.146 e. The average molecular weight is 330 g/mol. The molecular weight excluding hydrogens is 316 g/mol. The summed E-state index contributed by atoms with van der Waals surface area (Å²) in [5, 5.41) is -0.0579. The van der Waals surface area contributed by atoms with Gasteiger partial charge in [0.1, 0.15) is 0 Å². The van der Waals surface area contributed by atoms with Crippen LogP contribution in [0.4, 0.5) is 0 Å². The zero-order chi connectivity index (χ0) is 12.6. The summed E-state index contributed by atoms with van der Waals surface area (Å²) < 4.78 is 1.12. The molecule has 0 fully saturated rings. The lowest BCUT2D eigenvalue weighted by atomic mass is 10.0. The maximum absolute atomic E-state index is 6.61. The van der Waals surface area contributed by atoms with E-state index in [1.165, 1.54) is 26.4 Å². The van der Waals surface area contributed by atoms with Gasteiger partial charge in [-0.25, -0.2) is 0 Å². The van der Waals surface area contributed by atoms with Crippen LogP contribution in [-0.4, -0.2) is 0 Å². The fourth-order valence-electron chi connectivity index (χ4n) is 1.97. The van der Waals surface area contributed by atoms with Crippen LogP contribution in [0.25, 0.3) is 0 Å². The summed E-state index contributed by atoms with van der Waals surface area (Å²) in [6.45, 7) is 6.36. The van der Waals surface area contributed by atoms with E-state index in [1.54, 1.807) is 11.3 Å². The van der Waals surface area contributed by atoms with E-state index in [9.17, 15) is 0 Å². The third-order valence-corrected chi connectivity index (χ3v) is 5.25. The van der Waals surface area contributed by atoms with Crippen molar-refractivity contribution in [2.75, 3.05) is 0 Å². The van der Waals surface area contributed by atoms with Crippen LogP contribution < -0.4 is 0 Å². The standard InChI is InChI=1S/C14H14BrClS/c1-8-7-12(10(3)17-8)14(16)11-5-4-6-13(15)9(11)2/h4-7,14H,1-3H3. The Kier molecular flexibility index (Phi) is 3.96. The number of halogens is 2. The Labute approximate surface area is 120 Å². The first kappa shape index (κ1) is 13.1. The van der Waals surface area contributed by atoms with Crippen molar-refractivity contribution >= 4 is 38.9 Å². The average Bonchev–Trinajstić information content (AvgIpc) is 2.61. The van der Waals surface area contributed by atoms with Gasteiger partial charge in [-0.3, -0.25) is 0 Å². The van der Waals surface area contributed by atoms with E-state index < -0.39 is 0 Å². The van der Waals surface area contributed by atoms with E-state index in [-0.39, 0.29) is 5.38 Å². The Balaban J connectivity index is 2.47. The van der Waals surface area contributed by atoms with E-state index >= 15 is 0 Å². The van der Waals surface area contributed by atoms with E-state index in [0.29, 0.717) is 0 Å². The van der Waals surface area contributed by atoms with Crippen molar-refractivity contribution in [3.8, 4) is 0 Å². The molecule has 2 rings (SSSR count). The Morgan fingerprint density at radius 3 is 2.47 bits per heavy atom. The van der Waals surface area contributed by atoms with Crippen LogP contribution in [0, 0.1) is 20.8 Å². The van der Waals surface area contributed by atoms with Crippen molar-refractivity contribution < 1.29 is 0 Å². The Morgan fingerprint density at radius 2 is 1.88 bits per heavy atom. The van der Waals surface area contributed by atoms with E-state index in [2.05, 4.69) is 48.8 Å². The molecule has 90 valence electrons. The Bertz CT molecular complexity index is 545. The highest BCUT2D eigenvalue weighted by molar-refractivity contribution is 9.10. The molecule has 0 spiro atoms. The van der Waals surface area contributed by atoms with Crippen LogP contribution in [0.15, 0.2) is 28.7 Å². The molecule has 0 amide bonds. The van der Waals surface area contributed by atoms with Crippen LogP contribution in [0.5, 0.6) is 0 Å². The molecule has 0 aliphatic heterocycles. The molecule has 0 saturated heterocycles. The Morgan fingerprint density at radius 1 is 1.18 bits per heavy atom. The van der Waals surface area contributed by atoms with Gasteiger partial charge >= 0.3 is 0 Å². The number of alkyl halides is 1. The third-order valence-electron chi connectivity index (χ3n) is 2.94. The molecule has 0 saturated carbocycles. The van der Waals surface area contributed by atoms with Gasteiger partial charge in [-0.05, 0) is 49.6 Å². The molecule has 1 atom stereocenters. The molecule has 0 bridgehead atoms. The predicted octanol–water partition coefficient (Wildman–Crippen LogP) is 5.76. The zero-order valence-electron chi connectivity index (χ0n) is 10.1. The summed E-state index contributed by atoms with van der Waals surface area (Å²) in [5.74, 6) is 0. The minimum absolute atomic E-state index is 0.0579. The van der Waals surface area contributed by atoms with Gasteiger partial charge in [-0.15, -0.1) is 22.9 Å². The lowest BCUT2D eigenvalue weighted by molar-refractivity contribution is 1.10. The second kappa shape index (κ2) is 5.13. The second-order valence-corrected chi connectivity index (χ2v) is 6.94. The molecule has 17 heavy (non-hydrogen) atoms. The van der Waals surface area contributed by atoms with E-state index in [1.807, 2.05) is 12.1 Å². The number of benzene rings is 1. The largest absolute Gasteiger partial charge is 0.146 e. The number of aryl methyl sites for hydroxylation is 2. The number of hydrogen-bond acceptors (Lipinski definition) is 1. The van der Waals surface area contributed by atoms with Crippen LogP contribution in [0.3, 0.4) is 0 Å². The van der Waals surface area contributed by atoms with Crippen molar-refractivity contribution in [3.63, 3.8) is 0 Å². The van der Waals surface area contributed by atoms with Crippen LogP contribution in [0.2, 0.25) is 0 Å². The fraction of sp³-hybridized carbons (Fsp3) is 0.286. The molecule has 2 aromatic rings. The summed E-state index contributed by atoms with van der Waals surface area (Å²) in [4.78, 5) is 2.62. The lowest BCUT2D eigenvalue weighted by Crippen LogP contribution is -1.96. The molecule has 1 unspecified atom stereocenters. The first-order valence-electron chi connectivity index (χ1n) is 5.46. The summed E-state index contributed by atoms with van der Waals surface area (Å²) in [5.41, 5.74) is 3.63. The van der Waals surface area contributed by atoms with Gasteiger partial charge in [-0.1, -0.05) is 28.1 Å². The highest BCUT2D eigenvalue weighted by Gasteiger charge is 2.17. The minimum atomic E-state index is -0.0579. The van der Waals surface area contributed by atoms with Gasteiger partial charge in [0.15, 0.2) is 0 Å². The molecule has 1 heterocycles. The highest BCUT2D eigenvalue weighted by Crippen LogP contribution is 2.37. The van der Waals surface area contributed by atoms with Gasteiger partial charge in [0, 0.05) is 14.2 Å². The van der Waals surface area contributed by atoms with Crippen LogP contribution in [-0.2, 0) is 0 Å². The molecule has 0 N–H and O–H groups in total. The van der Waals surface area contributed by atoms with Crippen molar-refractivity contribution in [1.29, 1.82) is 0 Å². The van der Waals surface area contributed by atoms with Crippen molar-refractivity contribution in [1.82, 2.24) is 0 Å². The molecule has 0 radical (unpaired) electrons. The zero-order valence-corrected chi connectivity index (χ0v) is 13.2. The normalized spacial score (nSPS) is 12.8. The van der Waals surface area contributed by atoms with Crippen LogP contribution >= 0.6 is 38.9 Å². The maximum atomic E-state index is 6.61. The molecule has 1 aromatic carbocycles. The monoisotopic (exact) mass is 328 g/mol. The molecule has 0 aliphatic carbocycles. The van der Waals surface area contributed by atoms with Crippen molar-refractivity contribution in [2.24, 2.45) is 0 Å². The number of hydrogen-bond donors (Lipinski definition) is 0. The van der Waals surface area contributed by atoms with Gasteiger partial charge in [0.25, 0.3) is 0 Å². The van der Waals surface area contributed by atoms with E-state index in [4.69, 9.17) is 11.6 Å². The molecule has 1 aromatic heterocycles. The SMILES string of the molecule is Cc1cc(C(Cl)c2cccc(Br)c2C)c(C)s1. The molecule has 0 aliphatic rings. The maximum Gasteiger partial charge on any atom is 0.0849 e. The molecular formula is C14H14BrClS. The second-order valence-electron chi connectivity index (χ2n) is 4.19. The third kappa shape index (κ3) is 2.59.